The third-order valence-electron chi connectivity index (χ3n) is 4.29. The smallest absolute Gasteiger partial charge is 0.0432 e. The molecule has 1 fully saturated rings. The lowest BCUT2D eigenvalue weighted by molar-refractivity contribution is 0.781. The minimum Gasteiger partial charge on any atom is -0.0835 e. The third-order valence-corrected chi connectivity index (χ3v) is 6.31. The molecule has 2 heteroatoms. The number of hydrogen-bond donors (Lipinski definition) is 0. The Labute approximate surface area is 137 Å². The Morgan fingerprint density at radius 3 is 2.45 bits per heavy atom. The van der Waals surface area contributed by atoms with Gasteiger partial charge in [0.1, 0.15) is 0 Å². The van der Waals surface area contributed by atoms with Crippen LogP contribution in [0.5, 0.6) is 0 Å². The zero-order valence-electron chi connectivity index (χ0n) is 11.7. The summed E-state index contributed by atoms with van der Waals surface area (Å²) in [5.74, 6) is 1.43. The van der Waals surface area contributed by atoms with E-state index in [0.29, 0.717) is 10.7 Å². The average molecular weight is 394 g/mol. The Morgan fingerprint density at radius 1 is 1.05 bits per heavy atom. The molecule has 0 saturated heterocycles. The van der Waals surface area contributed by atoms with E-state index >= 15 is 0 Å². The molecule has 0 nitrogen and oxygen atoms in total. The number of rotatable bonds is 3. The fourth-order valence-corrected chi connectivity index (χ4v) is 4.49. The molecular weight excluding hydrogens is 376 g/mol. The Morgan fingerprint density at radius 2 is 1.75 bits per heavy atom. The normalized spacial score (nSPS) is 22.6. The van der Waals surface area contributed by atoms with Gasteiger partial charge in [-0.15, -0.1) is 0 Å². The van der Waals surface area contributed by atoms with Gasteiger partial charge in [0.2, 0.25) is 0 Å². The van der Waals surface area contributed by atoms with Crippen LogP contribution >= 0.6 is 31.9 Å². The fourth-order valence-electron chi connectivity index (χ4n) is 2.95. The summed E-state index contributed by atoms with van der Waals surface area (Å²) in [5, 5.41) is 0. The van der Waals surface area contributed by atoms with Crippen molar-refractivity contribution in [3.05, 3.63) is 69.2 Å². The van der Waals surface area contributed by atoms with Gasteiger partial charge >= 0.3 is 0 Å². The molecule has 20 heavy (non-hydrogen) atoms. The first-order valence-electron chi connectivity index (χ1n) is 7.03. The molecule has 1 aliphatic rings. The summed E-state index contributed by atoms with van der Waals surface area (Å²) in [5.41, 5.74) is 5.59. The first-order valence-corrected chi connectivity index (χ1v) is 8.74. The number of hydrogen-bond acceptors (Lipinski definition) is 0. The Balaban J connectivity index is 1.82. The maximum absolute atomic E-state index is 3.94. The van der Waals surface area contributed by atoms with E-state index in [9.17, 15) is 0 Å². The minimum atomic E-state index is 0.458. The molecule has 0 aliphatic heterocycles. The molecule has 3 atom stereocenters. The maximum atomic E-state index is 3.94. The van der Waals surface area contributed by atoms with Crippen molar-refractivity contribution in [2.24, 2.45) is 5.92 Å². The Hall–Kier alpha value is -0.600. The molecule has 0 bridgehead atoms. The summed E-state index contributed by atoms with van der Waals surface area (Å²) < 4.78 is 1.20. The van der Waals surface area contributed by atoms with Gasteiger partial charge in [0.05, 0.1) is 0 Å². The molecule has 3 rings (SSSR count). The molecule has 0 heterocycles. The van der Waals surface area contributed by atoms with Crippen molar-refractivity contribution in [2.45, 2.75) is 31.0 Å². The van der Waals surface area contributed by atoms with Gasteiger partial charge < -0.3 is 0 Å². The second-order valence-electron chi connectivity index (χ2n) is 5.78. The largest absolute Gasteiger partial charge is 0.0835 e. The van der Waals surface area contributed by atoms with Crippen LogP contribution in [0.4, 0.5) is 0 Å². The van der Waals surface area contributed by atoms with E-state index in [1.807, 2.05) is 0 Å². The summed E-state index contributed by atoms with van der Waals surface area (Å²) >= 11 is 7.56. The van der Waals surface area contributed by atoms with Crippen molar-refractivity contribution in [3.63, 3.8) is 0 Å². The van der Waals surface area contributed by atoms with Crippen LogP contribution in [0.1, 0.15) is 39.4 Å². The Bertz CT molecular complexity index is 619. The van der Waals surface area contributed by atoms with Crippen molar-refractivity contribution >= 4 is 31.9 Å². The van der Waals surface area contributed by atoms with Gasteiger partial charge in [-0.2, -0.15) is 0 Å². The van der Waals surface area contributed by atoms with Crippen LogP contribution in [0.3, 0.4) is 0 Å². The molecule has 0 amide bonds. The van der Waals surface area contributed by atoms with E-state index < -0.39 is 0 Å². The second kappa shape index (κ2) is 5.65. The predicted molar refractivity (Wildman–Crippen MR) is 92.6 cm³/mol. The molecule has 2 aromatic carbocycles. The third kappa shape index (κ3) is 2.73. The van der Waals surface area contributed by atoms with E-state index in [1.165, 1.54) is 33.1 Å². The highest BCUT2D eigenvalue weighted by molar-refractivity contribution is 9.10. The highest BCUT2D eigenvalue weighted by Gasteiger charge is 2.43. The summed E-state index contributed by atoms with van der Waals surface area (Å²) in [6.07, 6.45) is 1.29. The number of halogens is 2. The summed E-state index contributed by atoms with van der Waals surface area (Å²) in [6.45, 7) is 4.36. The molecule has 3 unspecified atom stereocenters. The van der Waals surface area contributed by atoms with Crippen LogP contribution in [0.2, 0.25) is 0 Å². The van der Waals surface area contributed by atoms with Crippen LogP contribution in [-0.4, -0.2) is 0 Å². The minimum absolute atomic E-state index is 0.458. The van der Waals surface area contributed by atoms with Crippen LogP contribution in [0.25, 0.3) is 0 Å². The topological polar surface area (TPSA) is 0 Å². The lowest BCUT2D eigenvalue weighted by Crippen LogP contribution is -1.99. The summed E-state index contributed by atoms with van der Waals surface area (Å²) in [7, 11) is 0. The molecule has 0 N–H and O–H groups in total. The molecule has 0 radical (unpaired) electrons. The molecule has 1 saturated carbocycles. The van der Waals surface area contributed by atoms with Gasteiger partial charge in [0.25, 0.3) is 0 Å². The van der Waals surface area contributed by atoms with Crippen molar-refractivity contribution in [1.29, 1.82) is 0 Å². The predicted octanol–water partition coefficient (Wildman–Crippen LogP) is 6.31. The van der Waals surface area contributed by atoms with Crippen LogP contribution in [0.15, 0.2) is 46.9 Å². The highest BCUT2D eigenvalue weighted by atomic mass is 79.9. The first-order chi connectivity index (χ1) is 9.58. The van der Waals surface area contributed by atoms with Gasteiger partial charge in [-0.25, -0.2) is 0 Å². The summed E-state index contributed by atoms with van der Waals surface area (Å²) in [6, 6.07) is 15.4. The molecule has 104 valence electrons. The first kappa shape index (κ1) is 14.3. The van der Waals surface area contributed by atoms with E-state index in [4.69, 9.17) is 0 Å². The van der Waals surface area contributed by atoms with Gasteiger partial charge in [-0.3, -0.25) is 0 Å². The molecule has 0 aromatic heterocycles. The monoisotopic (exact) mass is 392 g/mol. The zero-order chi connectivity index (χ0) is 14.3. The van der Waals surface area contributed by atoms with E-state index in [2.05, 4.69) is 88.2 Å². The lowest BCUT2D eigenvalue weighted by Gasteiger charge is -2.15. The average Bonchev–Trinajstić information content (AvgIpc) is 3.23. The van der Waals surface area contributed by atoms with E-state index in [0.717, 1.165) is 5.92 Å². The van der Waals surface area contributed by atoms with Crippen molar-refractivity contribution in [3.8, 4) is 0 Å². The maximum Gasteiger partial charge on any atom is 0.0432 e. The SMILES string of the molecule is Cc1cc(C(Br)C2CC2c2ccccc2)c(C)cc1Br. The fraction of sp³-hybridized carbons (Fsp3) is 0.333. The van der Waals surface area contributed by atoms with Crippen LogP contribution < -0.4 is 0 Å². The Kier molecular flexibility index (Phi) is 4.05. The van der Waals surface area contributed by atoms with E-state index in [-0.39, 0.29) is 0 Å². The molecular formula is C18H18Br2. The van der Waals surface area contributed by atoms with Crippen molar-refractivity contribution < 1.29 is 0 Å². The zero-order valence-corrected chi connectivity index (χ0v) is 14.9. The van der Waals surface area contributed by atoms with Crippen LogP contribution in [-0.2, 0) is 0 Å². The summed E-state index contributed by atoms with van der Waals surface area (Å²) in [4.78, 5) is 0.458. The number of benzene rings is 2. The molecule has 1 aliphatic carbocycles. The highest BCUT2D eigenvalue weighted by Crippen LogP contribution is 2.57. The van der Waals surface area contributed by atoms with Gasteiger partial charge in [-0.05, 0) is 60.4 Å². The standard InChI is InChI=1S/C18H18Br2/c1-11-9-17(19)12(2)8-14(11)18(20)16-10-15(16)13-6-4-3-5-7-13/h3-9,15-16,18H,10H2,1-2H3. The number of aryl methyl sites for hydroxylation is 2. The van der Waals surface area contributed by atoms with Crippen molar-refractivity contribution in [2.75, 3.05) is 0 Å². The molecule has 0 spiro atoms. The molecule has 2 aromatic rings. The van der Waals surface area contributed by atoms with Gasteiger partial charge in [0, 0.05) is 9.30 Å². The number of alkyl halides is 1. The second-order valence-corrected chi connectivity index (χ2v) is 7.62. The lowest BCUT2D eigenvalue weighted by atomic mass is 9.98. The van der Waals surface area contributed by atoms with Gasteiger partial charge in [-0.1, -0.05) is 68.3 Å². The van der Waals surface area contributed by atoms with E-state index in [1.54, 1.807) is 0 Å². The van der Waals surface area contributed by atoms with Crippen LogP contribution in [0, 0.1) is 19.8 Å². The van der Waals surface area contributed by atoms with Crippen molar-refractivity contribution in [1.82, 2.24) is 0 Å². The quantitative estimate of drug-likeness (QED) is 0.536. The van der Waals surface area contributed by atoms with Gasteiger partial charge in [0.15, 0.2) is 0 Å².